The zero-order valence-corrected chi connectivity index (χ0v) is 17.0. The Kier molecular flexibility index (Phi) is 5.35. The molecule has 3 aromatic carbocycles. The molecule has 10 heteroatoms. The number of hydrogen-bond acceptors (Lipinski definition) is 4. The quantitative estimate of drug-likeness (QED) is 0.471. The number of halogens is 3. The number of amides is 1. The van der Waals surface area contributed by atoms with E-state index in [4.69, 9.17) is 0 Å². The summed E-state index contributed by atoms with van der Waals surface area (Å²) in [6.45, 7) is -1.69. The molecular weight excluding hydrogens is 445 g/mol. The number of carbonyl (C=O) groups is 2. The lowest BCUT2D eigenvalue weighted by Crippen LogP contribution is -2.33. The Balaban J connectivity index is 1.49. The molecule has 0 spiro atoms. The molecule has 0 atom stereocenters. The van der Waals surface area contributed by atoms with Crippen molar-refractivity contribution in [3.8, 4) is 11.1 Å². The summed E-state index contributed by atoms with van der Waals surface area (Å²) in [4.78, 5) is 24.8. The maximum absolute atomic E-state index is 12.6. The summed E-state index contributed by atoms with van der Waals surface area (Å²) in [5.74, 6) is -0.700. The summed E-state index contributed by atoms with van der Waals surface area (Å²) in [5.41, 5.74) is 2.99. The topological polar surface area (TPSA) is 92.3 Å². The van der Waals surface area contributed by atoms with E-state index in [0.717, 1.165) is 23.3 Å². The number of benzene rings is 3. The van der Waals surface area contributed by atoms with Gasteiger partial charge in [0.2, 0.25) is 10.0 Å². The van der Waals surface area contributed by atoms with Crippen molar-refractivity contribution in [1.82, 2.24) is 4.72 Å². The number of nitrogens with one attached hydrogen (secondary N) is 2. The second-order valence-corrected chi connectivity index (χ2v) is 8.82. The van der Waals surface area contributed by atoms with E-state index in [1.165, 1.54) is 22.9 Å². The Bertz CT molecular complexity index is 1330. The van der Waals surface area contributed by atoms with Crippen LogP contribution in [0.25, 0.3) is 11.1 Å². The third-order valence-electron chi connectivity index (χ3n) is 4.87. The monoisotopic (exact) mass is 460 g/mol. The largest absolute Gasteiger partial charge is 0.402 e. The van der Waals surface area contributed by atoms with Gasteiger partial charge in [0.15, 0.2) is 5.78 Å². The minimum Gasteiger partial charge on any atom is -0.322 e. The van der Waals surface area contributed by atoms with E-state index in [1.54, 1.807) is 24.3 Å². The molecule has 0 heterocycles. The maximum Gasteiger partial charge on any atom is 0.402 e. The molecule has 0 unspecified atom stereocenters. The van der Waals surface area contributed by atoms with Crippen LogP contribution in [0.3, 0.4) is 0 Å². The van der Waals surface area contributed by atoms with Crippen molar-refractivity contribution in [2.24, 2.45) is 0 Å². The molecule has 1 aliphatic rings. The molecule has 0 saturated heterocycles. The first-order chi connectivity index (χ1) is 15.0. The van der Waals surface area contributed by atoms with Crippen LogP contribution in [0.15, 0.2) is 71.6 Å². The second-order valence-electron chi connectivity index (χ2n) is 7.05. The summed E-state index contributed by atoms with van der Waals surface area (Å²) in [5, 5.41) is 2.57. The first-order valence-electron chi connectivity index (χ1n) is 9.31. The molecule has 2 N–H and O–H groups in total. The number of rotatable bonds is 5. The van der Waals surface area contributed by atoms with Crippen molar-refractivity contribution in [1.29, 1.82) is 0 Å². The first kappa shape index (κ1) is 21.7. The highest BCUT2D eigenvalue weighted by Crippen LogP contribution is 2.36. The molecule has 1 aliphatic carbocycles. The molecular formula is C22H15F3N2O4S. The van der Waals surface area contributed by atoms with Crippen molar-refractivity contribution in [3.05, 3.63) is 83.4 Å². The van der Waals surface area contributed by atoms with E-state index in [-0.39, 0.29) is 21.9 Å². The number of sulfonamides is 1. The number of ketones is 1. The third-order valence-corrected chi connectivity index (χ3v) is 6.29. The van der Waals surface area contributed by atoms with E-state index >= 15 is 0 Å². The van der Waals surface area contributed by atoms with Crippen LogP contribution in [-0.4, -0.2) is 32.8 Å². The van der Waals surface area contributed by atoms with Gasteiger partial charge < -0.3 is 5.32 Å². The fourth-order valence-electron chi connectivity index (χ4n) is 3.35. The van der Waals surface area contributed by atoms with Gasteiger partial charge in [0.25, 0.3) is 5.91 Å². The van der Waals surface area contributed by atoms with Crippen LogP contribution in [0, 0.1) is 0 Å². The lowest BCUT2D eigenvalue weighted by atomic mass is 10.0. The van der Waals surface area contributed by atoms with Crippen LogP contribution < -0.4 is 10.0 Å². The molecule has 164 valence electrons. The van der Waals surface area contributed by atoms with E-state index in [9.17, 15) is 31.2 Å². The lowest BCUT2D eigenvalue weighted by molar-refractivity contribution is -0.121. The SMILES string of the molecule is O=C(Nc1ccc(S(=O)(=O)NCC(F)(F)F)cc1)c1ccc2c(c1)C(=O)c1ccccc1-2. The van der Waals surface area contributed by atoms with Crippen molar-refractivity contribution in [3.63, 3.8) is 0 Å². The molecule has 6 nitrogen and oxygen atoms in total. The third kappa shape index (κ3) is 4.27. The molecule has 0 saturated carbocycles. The fraction of sp³-hybridized carbons (Fsp3) is 0.0909. The predicted molar refractivity (Wildman–Crippen MR) is 111 cm³/mol. The highest BCUT2D eigenvalue weighted by atomic mass is 32.2. The van der Waals surface area contributed by atoms with Gasteiger partial charge in [-0.15, -0.1) is 0 Å². The highest BCUT2D eigenvalue weighted by Gasteiger charge is 2.30. The number of fused-ring (bicyclic) bond motifs is 3. The van der Waals surface area contributed by atoms with E-state index < -0.39 is 28.7 Å². The lowest BCUT2D eigenvalue weighted by Gasteiger charge is -2.10. The highest BCUT2D eigenvalue weighted by molar-refractivity contribution is 7.89. The van der Waals surface area contributed by atoms with Crippen LogP contribution >= 0.6 is 0 Å². The second kappa shape index (κ2) is 7.88. The Morgan fingerprint density at radius 2 is 1.47 bits per heavy atom. The van der Waals surface area contributed by atoms with Gasteiger partial charge in [-0.1, -0.05) is 30.3 Å². The van der Waals surface area contributed by atoms with Crippen LogP contribution in [0.2, 0.25) is 0 Å². The van der Waals surface area contributed by atoms with Gasteiger partial charge in [-0.2, -0.15) is 13.2 Å². The van der Waals surface area contributed by atoms with Crippen LogP contribution in [0.4, 0.5) is 18.9 Å². The molecule has 0 aromatic heterocycles. The summed E-state index contributed by atoms with van der Waals surface area (Å²) in [6, 6.07) is 16.6. The van der Waals surface area contributed by atoms with E-state index in [0.29, 0.717) is 11.1 Å². The van der Waals surface area contributed by atoms with Gasteiger partial charge >= 0.3 is 6.18 Å². The van der Waals surface area contributed by atoms with Crippen LogP contribution in [0.5, 0.6) is 0 Å². The minimum atomic E-state index is -4.68. The molecule has 4 rings (SSSR count). The first-order valence-corrected chi connectivity index (χ1v) is 10.8. The fourth-order valence-corrected chi connectivity index (χ4v) is 4.36. The van der Waals surface area contributed by atoms with Gasteiger partial charge in [-0.05, 0) is 47.5 Å². The van der Waals surface area contributed by atoms with Crippen LogP contribution in [0.1, 0.15) is 26.3 Å². The number of anilines is 1. The number of carbonyl (C=O) groups excluding carboxylic acids is 2. The predicted octanol–water partition coefficient (Wildman–Crippen LogP) is 3.99. The molecule has 0 radical (unpaired) electrons. The number of alkyl halides is 3. The van der Waals surface area contributed by atoms with E-state index in [1.807, 2.05) is 12.1 Å². The van der Waals surface area contributed by atoms with Crippen molar-refractivity contribution in [2.45, 2.75) is 11.1 Å². The maximum atomic E-state index is 12.6. The molecule has 0 aliphatic heterocycles. The van der Waals surface area contributed by atoms with Gasteiger partial charge in [0.1, 0.15) is 6.54 Å². The Morgan fingerprint density at radius 1 is 0.844 bits per heavy atom. The zero-order valence-electron chi connectivity index (χ0n) is 16.2. The summed E-state index contributed by atoms with van der Waals surface area (Å²) in [7, 11) is -4.35. The van der Waals surface area contributed by atoms with Crippen molar-refractivity contribution in [2.75, 3.05) is 11.9 Å². The van der Waals surface area contributed by atoms with Crippen molar-refractivity contribution >= 4 is 27.4 Å². The smallest absolute Gasteiger partial charge is 0.322 e. The summed E-state index contributed by atoms with van der Waals surface area (Å²) >= 11 is 0. The molecule has 32 heavy (non-hydrogen) atoms. The zero-order chi connectivity index (χ0) is 23.1. The summed E-state index contributed by atoms with van der Waals surface area (Å²) in [6.07, 6.45) is -4.68. The normalized spacial score (nSPS) is 12.9. The summed E-state index contributed by atoms with van der Waals surface area (Å²) < 4.78 is 62.1. The average molecular weight is 460 g/mol. The Labute approximate surface area is 181 Å². The molecule has 0 fully saturated rings. The Hall–Kier alpha value is -3.50. The number of hydrogen-bond donors (Lipinski definition) is 2. The van der Waals surface area contributed by atoms with Crippen molar-refractivity contribution < 1.29 is 31.2 Å². The molecule has 3 aromatic rings. The van der Waals surface area contributed by atoms with Gasteiger partial charge in [0, 0.05) is 22.4 Å². The van der Waals surface area contributed by atoms with Gasteiger partial charge in [0.05, 0.1) is 4.90 Å². The average Bonchev–Trinajstić information content (AvgIpc) is 3.04. The minimum absolute atomic E-state index is 0.175. The standard InChI is InChI=1S/C22H15F3N2O4S/c23-22(24,25)12-26-32(30,31)15-8-6-14(7-9-15)27-21(29)13-5-10-17-16-3-1-2-4-18(16)20(28)19(17)11-13/h1-11,26H,12H2,(H,27,29). The Morgan fingerprint density at radius 3 is 2.12 bits per heavy atom. The molecule has 1 amide bonds. The van der Waals surface area contributed by atoms with Crippen LogP contribution in [-0.2, 0) is 10.0 Å². The van der Waals surface area contributed by atoms with E-state index in [2.05, 4.69) is 5.32 Å². The molecule has 0 bridgehead atoms. The van der Waals surface area contributed by atoms with Gasteiger partial charge in [-0.3, -0.25) is 9.59 Å². The van der Waals surface area contributed by atoms with Gasteiger partial charge in [-0.25, -0.2) is 13.1 Å².